The van der Waals surface area contributed by atoms with E-state index in [0.717, 1.165) is 29.7 Å². The Balaban J connectivity index is 1.46. The molecule has 34 heavy (non-hydrogen) atoms. The lowest BCUT2D eigenvalue weighted by molar-refractivity contribution is 0.0950. The SMILES string of the molecule is Cc1ccc(-c2ncc(C(=O)NCc3ccc(F)cc3)c(N3CCc4ccccc4C3)n2)cc1. The van der Waals surface area contributed by atoms with Gasteiger partial charge < -0.3 is 10.2 Å². The van der Waals surface area contributed by atoms with Gasteiger partial charge in [-0.25, -0.2) is 14.4 Å². The van der Waals surface area contributed by atoms with E-state index in [0.29, 0.717) is 30.3 Å². The van der Waals surface area contributed by atoms with Crippen LogP contribution in [0.15, 0.2) is 79.0 Å². The largest absolute Gasteiger partial charge is 0.351 e. The highest BCUT2D eigenvalue weighted by Crippen LogP contribution is 2.28. The number of hydrogen-bond acceptors (Lipinski definition) is 4. The van der Waals surface area contributed by atoms with Crippen molar-refractivity contribution in [3.8, 4) is 11.4 Å². The van der Waals surface area contributed by atoms with Crippen LogP contribution in [-0.4, -0.2) is 22.4 Å². The average Bonchev–Trinajstić information content (AvgIpc) is 2.88. The molecule has 1 aliphatic heterocycles. The number of anilines is 1. The number of fused-ring (bicyclic) bond motifs is 1. The van der Waals surface area contributed by atoms with Crippen LogP contribution < -0.4 is 10.2 Å². The van der Waals surface area contributed by atoms with E-state index in [9.17, 15) is 9.18 Å². The predicted octanol–water partition coefficient (Wildman–Crippen LogP) is 5.08. The van der Waals surface area contributed by atoms with Crippen LogP contribution in [0.4, 0.5) is 10.2 Å². The first-order valence-corrected chi connectivity index (χ1v) is 11.4. The predicted molar refractivity (Wildman–Crippen MR) is 131 cm³/mol. The topological polar surface area (TPSA) is 58.1 Å². The Morgan fingerprint density at radius 3 is 2.50 bits per heavy atom. The van der Waals surface area contributed by atoms with Gasteiger partial charge in [-0.1, -0.05) is 66.2 Å². The lowest BCUT2D eigenvalue weighted by Gasteiger charge is -2.31. The molecule has 2 heterocycles. The van der Waals surface area contributed by atoms with Gasteiger partial charge >= 0.3 is 0 Å². The van der Waals surface area contributed by atoms with Gasteiger partial charge in [0, 0.05) is 31.4 Å². The van der Waals surface area contributed by atoms with Gasteiger partial charge in [0.2, 0.25) is 0 Å². The van der Waals surface area contributed by atoms with E-state index >= 15 is 0 Å². The Morgan fingerprint density at radius 1 is 1.00 bits per heavy atom. The van der Waals surface area contributed by atoms with Gasteiger partial charge in [0.15, 0.2) is 5.82 Å². The molecule has 1 amide bonds. The van der Waals surface area contributed by atoms with Crippen LogP contribution in [-0.2, 0) is 19.5 Å². The number of halogens is 1. The summed E-state index contributed by atoms with van der Waals surface area (Å²) in [7, 11) is 0. The molecule has 0 atom stereocenters. The molecule has 1 N–H and O–H groups in total. The van der Waals surface area contributed by atoms with Gasteiger partial charge in [-0.2, -0.15) is 0 Å². The van der Waals surface area contributed by atoms with Crippen LogP contribution >= 0.6 is 0 Å². The molecule has 1 aromatic heterocycles. The van der Waals surface area contributed by atoms with E-state index in [2.05, 4.69) is 33.4 Å². The molecular formula is C28H25FN4O. The molecule has 5 rings (SSSR count). The van der Waals surface area contributed by atoms with Gasteiger partial charge in [0.05, 0.1) is 0 Å². The van der Waals surface area contributed by atoms with E-state index in [1.165, 1.54) is 23.3 Å². The molecule has 0 unspecified atom stereocenters. The summed E-state index contributed by atoms with van der Waals surface area (Å²) in [5.41, 5.74) is 5.88. The first-order chi connectivity index (χ1) is 16.6. The van der Waals surface area contributed by atoms with E-state index in [4.69, 9.17) is 4.98 Å². The minimum Gasteiger partial charge on any atom is -0.351 e. The van der Waals surface area contributed by atoms with Gasteiger partial charge in [0.1, 0.15) is 17.2 Å². The second-order valence-corrected chi connectivity index (χ2v) is 8.55. The van der Waals surface area contributed by atoms with Crippen LogP contribution in [0.1, 0.15) is 32.6 Å². The molecule has 0 saturated heterocycles. The van der Waals surface area contributed by atoms with Crippen molar-refractivity contribution in [2.75, 3.05) is 11.4 Å². The third-order valence-corrected chi connectivity index (χ3v) is 6.12. The maximum Gasteiger partial charge on any atom is 0.256 e. The minimum absolute atomic E-state index is 0.256. The summed E-state index contributed by atoms with van der Waals surface area (Å²) in [6.45, 7) is 3.77. The van der Waals surface area contributed by atoms with Gasteiger partial charge in [-0.15, -0.1) is 0 Å². The lowest BCUT2D eigenvalue weighted by atomic mass is 9.99. The number of nitrogens with one attached hydrogen (secondary N) is 1. The van der Waals surface area contributed by atoms with Gasteiger partial charge in [0.25, 0.3) is 5.91 Å². The summed E-state index contributed by atoms with van der Waals surface area (Å²) in [6, 6.07) is 22.5. The fourth-order valence-corrected chi connectivity index (χ4v) is 4.17. The number of hydrogen-bond donors (Lipinski definition) is 1. The Kier molecular flexibility index (Phi) is 6.04. The molecule has 170 valence electrons. The van der Waals surface area contributed by atoms with Crippen LogP contribution in [0.3, 0.4) is 0 Å². The number of amides is 1. The maximum atomic E-state index is 13.2. The molecule has 4 aromatic rings. The number of benzene rings is 3. The van der Waals surface area contributed by atoms with E-state index < -0.39 is 0 Å². The van der Waals surface area contributed by atoms with Crippen molar-refractivity contribution in [3.05, 3.63) is 113 Å². The molecule has 0 fully saturated rings. The van der Waals surface area contributed by atoms with Crippen LogP contribution in [0.5, 0.6) is 0 Å². The number of rotatable bonds is 5. The molecule has 0 aliphatic carbocycles. The number of carbonyl (C=O) groups is 1. The Hall–Kier alpha value is -4.06. The van der Waals surface area contributed by atoms with Crippen molar-refractivity contribution >= 4 is 11.7 Å². The number of aryl methyl sites for hydroxylation is 1. The molecule has 0 saturated carbocycles. The molecule has 5 nitrogen and oxygen atoms in total. The van der Waals surface area contributed by atoms with E-state index in [1.54, 1.807) is 18.3 Å². The lowest BCUT2D eigenvalue weighted by Crippen LogP contribution is -2.34. The second kappa shape index (κ2) is 9.43. The van der Waals surface area contributed by atoms with Crippen molar-refractivity contribution in [2.24, 2.45) is 0 Å². The molecule has 3 aromatic carbocycles. The summed E-state index contributed by atoms with van der Waals surface area (Å²) in [5.74, 6) is 0.650. The Morgan fingerprint density at radius 2 is 1.74 bits per heavy atom. The summed E-state index contributed by atoms with van der Waals surface area (Å²) >= 11 is 0. The normalized spacial score (nSPS) is 12.8. The zero-order chi connectivity index (χ0) is 23.5. The minimum atomic E-state index is -0.303. The van der Waals surface area contributed by atoms with E-state index in [1.807, 2.05) is 37.3 Å². The number of nitrogens with zero attached hydrogens (tertiary/aromatic N) is 3. The monoisotopic (exact) mass is 452 g/mol. The highest BCUT2D eigenvalue weighted by atomic mass is 19.1. The van der Waals surface area contributed by atoms with Crippen molar-refractivity contribution in [2.45, 2.75) is 26.4 Å². The third kappa shape index (κ3) is 4.66. The highest BCUT2D eigenvalue weighted by Gasteiger charge is 2.24. The zero-order valence-corrected chi connectivity index (χ0v) is 19.0. The molecule has 1 aliphatic rings. The average molecular weight is 453 g/mol. The fourth-order valence-electron chi connectivity index (χ4n) is 4.17. The standard InChI is InChI=1S/C28H25FN4O/c1-19-6-10-22(11-7-19)26-30-17-25(28(34)31-16-20-8-12-24(29)13-9-20)27(32-26)33-15-14-21-4-2-3-5-23(21)18-33/h2-13,17H,14-16,18H2,1H3,(H,31,34). The molecule has 0 radical (unpaired) electrons. The van der Waals surface area contributed by atoms with Gasteiger partial charge in [-0.05, 0) is 42.2 Å². The summed E-state index contributed by atoms with van der Waals surface area (Å²) in [5, 5.41) is 2.93. The maximum absolute atomic E-state index is 13.2. The molecular weight excluding hydrogens is 427 g/mol. The molecule has 0 spiro atoms. The smallest absolute Gasteiger partial charge is 0.256 e. The Bertz CT molecular complexity index is 1320. The first-order valence-electron chi connectivity index (χ1n) is 11.4. The zero-order valence-electron chi connectivity index (χ0n) is 19.0. The summed E-state index contributed by atoms with van der Waals surface area (Å²) in [4.78, 5) is 24.7. The third-order valence-electron chi connectivity index (χ3n) is 6.12. The number of aromatic nitrogens is 2. The van der Waals surface area contributed by atoms with Crippen molar-refractivity contribution in [3.63, 3.8) is 0 Å². The summed E-state index contributed by atoms with van der Waals surface area (Å²) in [6.07, 6.45) is 2.49. The summed E-state index contributed by atoms with van der Waals surface area (Å²) < 4.78 is 13.2. The van der Waals surface area contributed by atoms with Crippen molar-refractivity contribution in [1.29, 1.82) is 0 Å². The quantitative estimate of drug-likeness (QED) is 0.459. The fraction of sp³-hybridized carbons (Fsp3) is 0.179. The number of carbonyl (C=O) groups excluding carboxylic acids is 1. The van der Waals surface area contributed by atoms with Crippen LogP contribution in [0, 0.1) is 12.7 Å². The highest BCUT2D eigenvalue weighted by molar-refractivity contribution is 5.99. The Labute approximate surface area is 198 Å². The second-order valence-electron chi connectivity index (χ2n) is 8.55. The van der Waals surface area contributed by atoms with Crippen molar-refractivity contribution < 1.29 is 9.18 Å². The van der Waals surface area contributed by atoms with E-state index in [-0.39, 0.29) is 11.7 Å². The van der Waals surface area contributed by atoms with Crippen LogP contribution in [0.25, 0.3) is 11.4 Å². The van der Waals surface area contributed by atoms with Crippen LogP contribution in [0.2, 0.25) is 0 Å². The van der Waals surface area contributed by atoms with Crippen molar-refractivity contribution in [1.82, 2.24) is 15.3 Å². The molecule has 6 heteroatoms. The molecule has 0 bridgehead atoms. The first kappa shape index (κ1) is 21.8. The van der Waals surface area contributed by atoms with Gasteiger partial charge in [-0.3, -0.25) is 4.79 Å².